The van der Waals surface area contributed by atoms with Crippen LogP contribution < -0.4 is 33.2 Å². The van der Waals surface area contributed by atoms with Crippen LogP contribution in [0.25, 0.3) is 0 Å². The highest BCUT2D eigenvalue weighted by atomic mass is 16.2. The topological polar surface area (TPSA) is 131 Å². The minimum Gasteiger partial charge on any atom is -0.355 e. The molecule has 0 aromatic rings. The highest BCUT2D eigenvalue weighted by Gasteiger charge is 2.10. The van der Waals surface area contributed by atoms with Gasteiger partial charge in [0, 0.05) is 6.54 Å². The summed E-state index contributed by atoms with van der Waals surface area (Å²) in [5.41, 5.74) is 16.4. The van der Waals surface area contributed by atoms with E-state index in [-0.39, 0.29) is 5.91 Å². The third-order valence-corrected chi connectivity index (χ3v) is 3.16. The number of nitrogens with two attached hydrogens (primary N) is 3. The van der Waals surface area contributed by atoms with Gasteiger partial charge >= 0.3 is 0 Å². The van der Waals surface area contributed by atoms with Crippen molar-refractivity contribution in [3.05, 3.63) is 0 Å². The number of unbranched alkanes of at least 4 members (excludes halogenated alkanes) is 1. The maximum Gasteiger partial charge on any atom is 0.236 e. The molecule has 0 aromatic heterocycles. The standard InChI is InChI=1S/C14H34N6O/c15-6-3-10-18-8-1-2-9-19-11-4-12-20-14(21)13(17)5-7-16/h13,18-19H,1-12,15-17H2,(H,20,21)/t13-/m1/s1. The van der Waals surface area contributed by atoms with E-state index in [1.807, 2.05) is 0 Å². The molecule has 7 nitrogen and oxygen atoms in total. The highest BCUT2D eigenvalue weighted by molar-refractivity contribution is 5.81. The maximum atomic E-state index is 11.5. The summed E-state index contributed by atoms with van der Waals surface area (Å²) in [7, 11) is 0. The molecule has 0 aliphatic carbocycles. The van der Waals surface area contributed by atoms with Gasteiger partial charge in [-0.2, -0.15) is 0 Å². The molecule has 0 saturated heterocycles. The van der Waals surface area contributed by atoms with Crippen LogP contribution in [0, 0.1) is 0 Å². The summed E-state index contributed by atoms with van der Waals surface area (Å²) in [6.45, 7) is 5.84. The zero-order valence-electron chi connectivity index (χ0n) is 13.2. The molecular formula is C14H34N6O. The number of carbonyl (C=O) groups excluding carboxylic acids is 1. The Morgan fingerprint density at radius 3 is 1.95 bits per heavy atom. The quantitative estimate of drug-likeness (QED) is 0.204. The number of carbonyl (C=O) groups is 1. The van der Waals surface area contributed by atoms with E-state index in [0.717, 1.165) is 52.0 Å². The van der Waals surface area contributed by atoms with Crippen LogP contribution in [0.15, 0.2) is 0 Å². The van der Waals surface area contributed by atoms with Gasteiger partial charge in [-0.05, 0) is 71.4 Å². The molecular weight excluding hydrogens is 268 g/mol. The lowest BCUT2D eigenvalue weighted by atomic mass is 10.2. The molecule has 0 heterocycles. The lowest BCUT2D eigenvalue weighted by molar-refractivity contribution is -0.122. The molecule has 0 aliphatic heterocycles. The van der Waals surface area contributed by atoms with E-state index in [1.165, 1.54) is 6.42 Å². The molecule has 0 saturated carbocycles. The van der Waals surface area contributed by atoms with Crippen LogP contribution in [-0.2, 0) is 4.79 Å². The van der Waals surface area contributed by atoms with Gasteiger partial charge in [-0.3, -0.25) is 4.79 Å². The first-order valence-electron chi connectivity index (χ1n) is 8.07. The van der Waals surface area contributed by atoms with Gasteiger partial charge in [0.25, 0.3) is 0 Å². The van der Waals surface area contributed by atoms with Crippen molar-refractivity contribution < 1.29 is 4.79 Å². The Bertz CT molecular complexity index is 240. The van der Waals surface area contributed by atoms with Gasteiger partial charge < -0.3 is 33.2 Å². The monoisotopic (exact) mass is 302 g/mol. The van der Waals surface area contributed by atoms with E-state index < -0.39 is 6.04 Å². The first kappa shape index (κ1) is 20.3. The summed E-state index contributed by atoms with van der Waals surface area (Å²) in [5, 5.41) is 9.54. The Morgan fingerprint density at radius 2 is 1.38 bits per heavy atom. The van der Waals surface area contributed by atoms with Crippen molar-refractivity contribution in [3.8, 4) is 0 Å². The summed E-state index contributed by atoms with van der Waals surface area (Å²) in [6.07, 6.45) is 4.81. The second kappa shape index (κ2) is 15.7. The number of rotatable bonds is 15. The van der Waals surface area contributed by atoms with Crippen LogP contribution in [0.5, 0.6) is 0 Å². The van der Waals surface area contributed by atoms with Crippen molar-refractivity contribution in [3.63, 3.8) is 0 Å². The van der Waals surface area contributed by atoms with E-state index in [1.54, 1.807) is 0 Å². The maximum absolute atomic E-state index is 11.5. The van der Waals surface area contributed by atoms with E-state index in [0.29, 0.717) is 19.5 Å². The predicted octanol–water partition coefficient (Wildman–Crippen LogP) is -1.52. The Morgan fingerprint density at radius 1 is 0.810 bits per heavy atom. The third-order valence-electron chi connectivity index (χ3n) is 3.16. The van der Waals surface area contributed by atoms with Crippen molar-refractivity contribution in [2.45, 2.75) is 38.1 Å². The summed E-state index contributed by atoms with van der Waals surface area (Å²) < 4.78 is 0. The summed E-state index contributed by atoms with van der Waals surface area (Å²) in [4.78, 5) is 11.5. The molecule has 0 aliphatic rings. The predicted molar refractivity (Wildman–Crippen MR) is 87.9 cm³/mol. The van der Waals surface area contributed by atoms with Crippen LogP contribution >= 0.6 is 0 Å². The molecule has 1 atom stereocenters. The highest BCUT2D eigenvalue weighted by Crippen LogP contribution is 1.87. The van der Waals surface area contributed by atoms with E-state index >= 15 is 0 Å². The molecule has 0 radical (unpaired) electrons. The van der Waals surface area contributed by atoms with Crippen molar-refractivity contribution >= 4 is 5.91 Å². The zero-order valence-corrected chi connectivity index (χ0v) is 13.2. The second-order valence-electron chi connectivity index (χ2n) is 5.18. The van der Waals surface area contributed by atoms with Gasteiger partial charge in [0.1, 0.15) is 0 Å². The fourth-order valence-corrected chi connectivity index (χ4v) is 1.84. The number of hydrogen-bond acceptors (Lipinski definition) is 6. The largest absolute Gasteiger partial charge is 0.355 e. The molecule has 21 heavy (non-hydrogen) atoms. The molecule has 0 bridgehead atoms. The van der Waals surface area contributed by atoms with E-state index in [2.05, 4.69) is 16.0 Å². The number of amides is 1. The Balaban J connectivity index is 3.17. The smallest absolute Gasteiger partial charge is 0.236 e. The molecule has 1 amide bonds. The van der Waals surface area contributed by atoms with Crippen molar-refractivity contribution in [1.29, 1.82) is 0 Å². The van der Waals surface area contributed by atoms with Crippen LogP contribution in [0.4, 0.5) is 0 Å². The normalized spacial score (nSPS) is 12.3. The fraction of sp³-hybridized carbons (Fsp3) is 0.929. The summed E-state index contributed by atoms with van der Waals surface area (Å²) >= 11 is 0. The fourth-order valence-electron chi connectivity index (χ4n) is 1.84. The molecule has 0 unspecified atom stereocenters. The van der Waals surface area contributed by atoms with E-state index in [9.17, 15) is 4.79 Å². The lowest BCUT2D eigenvalue weighted by Gasteiger charge is -2.11. The third kappa shape index (κ3) is 14.0. The average molecular weight is 302 g/mol. The van der Waals surface area contributed by atoms with Gasteiger partial charge in [0.2, 0.25) is 5.91 Å². The van der Waals surface area contributed by atoms with Gasteiger partial charge in [-0.15, -0.1) is 0 Å². The van der Waals surface area contributed by atoms with E-state index in [4.69, 9.17) is 17.2 Å². The van der Waals surface area contributed by atoms with Crippen molar-refractivity contribution in [2.24, 2.45) is 17.2 Å². The second-order valence-corrected chi connectivity index (χ2v) is 5.18. The van der Waals surface area contributed by atoms with Crippen LogP contribution in [0.2, 0.25) is 0 Å². The molecule has 0 aromatic carbocycles. The van der Waals surface area contributed by atoms with Gasteiger partial charge in [0.05, 0.1) is 6.04 Å². The number of hydrogen-bond donors (Lipinski definition) is 6. The summed E-state index contributed by atoms with van der Waals surface area (Å²) in [5.74, 6) is -0.107. The molecule has 7 heteroatoms. The number of nitrogens with one attached hydrogen (secondary N) is 3. The van der Waals surface area contributed by atoms with Crippen LogP contribution in [0.3, 0.4) is 0 Å². The molecule has 0 fully saturated rings. The molecule has 0 spiro atoms. The minimum atomic E-state index is -0.477. The Hall–Kier alpha value is -0.730. The summed E-state index contributed by atoms with van der Waals surface area (Å²) in [6, 6.07) is -0.477. The van der Waals surface area contributed by atoms with Gasteiger partial charge in [0.15, 0.2) is 0 Å². The van der Waals surface area contributed by atoms with Crippen molar-refractivity contribution in [1.82, 2.24) is 16.0 Å². The van der Waals surface area contributed by atoms with Crippen LogP contribution in [0.1, 0.15) is 32.1 Å². The SMILES string of the molecule is NCCCNCCCCNCCCNC(=O)[C@H](N)CCN. The van der Waals surface area contributed by atoms with Gasteiger partial charge in [-0.25, -0.2) is 0 Å². The Kier molecular flexibility index (Phi) is 15.1. The minimum absolute atomic E-state index is 0.107. The van der Waals surface area contributed by atoms with Crippen molar-refractivity contribution in [2.75, 3.05) is 45.8 Å². The Labute approximate surface area is 128 Å². The first-order chi connectivity index (χ1) is 10.2. The zero-order chi connectivity index (χ0) is 15.8. The molecule has 9 N–H and O–H groups in total. The van der Waals surface area contributed by atoms with Crippen LogP contribution in [-0.4, -0.2) is 57.8 Å². The molecule has 126 valence electrons. The average Bonchev–Trinajstić information content (AvgIpc) is 2.48. The first-order valence-corrected chi connectivity index (χ1v) is 8.07. The molecule has 0 rings (SSSR count). The lowest BCUT2D eigenvalue weighted by Crippen LogP contribution is -2.42. The van der Waals surface area contributed by atoms with Gasteiger partial charge in [-0.1, -0.05) is 0 Å².